The van der Waals surface area contributed by atoms with Crippen LogP contribution in [0.1, 0.15) is 62.6 Å². The Kier molecular flexibility index (Phi) is 6.17. The van der Waals surface area contributed by atoms with Crippen molar-refractivity contribution in [3.63, 3.8) is 0 Å². The van der Waals surface area contributed by atoms with Crippen molar-refractivity contribution in [1.29, 1.82) is 0 Å². The van der Waals surface area contributed by atoms with E-state index in [0.29, 0.717) is 12.5 Å². The van der Waals surface area contributed by atoms with Crippen LogP contribution >= 0.6 is 0 Å². The minimum atomic E-state index is -0.574. The number of imidazole rings is 1. The normalized spacial score (nSPS) is 12.7. The number of ether oxygens (including phenoxy) is 1. The fourth-order valence-electron chi connectivity index (χ4n) is 3.45. The molecular formula is C23H30N2O2. The second-order valence-corrected chi connectivity index (χ2v) is 7.54. The molecular weight excluding hydrogens is 336 g/mol. The maximum Gasteiger partial charge on any atom is 0.138 e. The number of unbranched alkanes of at least 4 members (excludes halogenated alkanes) is 1. The van der Waals surface area contributed by atoms with E-state index in [1.165, 1.54) is 11.1 Å². The number of aliphatic hydroxyl groups is 1. The molecule has 0 spiro atoms. The second-order valence-electron chi connectivity index (χ2n) is 7.54. The highest BCUT2D eigenvalue weighted by molar-refractivity contribution is 5.75. The number of fused-ring (bicyclic) bond motifs is 1. The molecule has 0 aliphatic heterocycles. The molecule has 0 fully saturated rings. The molecule has 0 bridgehead atoms. The summed E-state index contributed by atoms with van der Waals surface area (Å²) in [6.07, 6.45) is 1.36. The average Bonchev–Trinajstić information content (AvgIpc) is 3.00. The van der Waals surface area contributed by atoms with Gasteiger partial charge in [-0.1, -0.05) is 38.1 Å². The number of nitrogens with zero attached hydrogens (tertiary/aromatic N) is 2. The quantitative estimate of drug-likeness (QED) is 0.544. The van der Waals surface area contributed by atoms with E-state index in [1.54, 1.807) is 6.92 Å². The molecule has 0 amide bonds. The summed E-state index contributed by atoms with van der Waals surface area (Å²) in [5.41, 5.74) is 4.50. The molecule has 0 aliphatic carbocycles. The lowest BCUT2D eigenvalue weighted by molar-refractivity contribution is 0.184. The van der Waals surface area contributed by atoms with Gasteiger partial charge >= 0.3 is 0 Å². The molecule has 27 heavy (non-hydrogen) atoms. The van der Waals surface area contributed by atoms with Crippen molar-refractivity contribution in [2.45, 2.75) is 59.1 Å². The topological polar surface area (TPSA) is 47.3 Å². The predicted molar refractivity (Wildman–Crippen MR) is 110 cm³/mol. The van der Waals surface area contributed by atoms with Gasteiger partial charge < -0.3 is 14.4 Å². The lowest BCUT2D eigenvalue weighted by Gasteiger charge is -2.15. The highest BCUT2D eigenvalue weighted by Gasteiger charge is 2.14. The highest BCUT2D eigenvalue weighted by atomic mass is 16.5. The van der Waals surface area contributed by atoms with Crippen molar-refractivity contribution >= 4 is 11.0 Å². The molecule has 1 heterocycles. The first-order valence-corrected chi connectivity index (χ1v) is 9.84. The van der Waals surface area contributed by atoms with E-state index in [9.17, 15) is 5.11 Å². The van der Waals surface area contributed by atoms with Crippen LogP contribution < -0.4 is 4.74 Å². The highest BCUT2D eigenvalue weighted by Crippen LogP contribution is 2.28. The number of para-hydroxylation sites is 2. The van der Waals surface area contributed by atoms with Crippen LogP contribution in [0.5, 0.6) is 5.75 Å². The van der Waals surface area contributed by atoms with Gasteiger partial charge in [-0.2, -0.15) is 0 Å². The van der Waals surface area contributed by atoms with Crippen molar-refractivity contribution in [2.24, 2.45) is 0 Å². The maximum absolute atomic E-state index is 10.1. The summed E-state index contributed by atoms with van der Waals surface area (Å²) in [6, 6.07) is 14.5. The number of rotatable bonds is 8. The van der Waals surface area contributed by atoms with Gasteiger partial charge in [0.2, 0.25) is 0 Å². The molecule has 1 aromatic heterocycles. The number of aromatic nitrogens is 2. The minimum Gasteiger partial charge on any atom is -0.493 e. The molecule has 3 rings (SSSR count). The molecule has 0 saturated heterocycles. The summed E-state index contributed by atoms with van der Waals surface area (Å²) in [5.74, 6) is 2.19. The SMILES string of the molecule is Cc1ccc(C(C)C)c(OCCCCn2c(C(C)O)nc3ccccc32)c1. The lowest BCUT2D eigenvalue weighted by Crippen LogP contribution is -2.08. The van der Waals surface area contributed by atoms with E-state index in [4.69, 9.17) is 4.74 Å². The van der Waals surface area contributed by atoms with E-state index in [-0.39, 0.29) is 0 Å². The van der Waals surface area contributed by atoms with Gasteiger partial charge in [0.05, 0.1) is 17.6 Å². The van der Waals surface area contributed by atoms with E-state index in [2.05, 4.69) is 54.6 Å². The van der Waals surface area contributed by atoms with Gasteiger partial charge in [0.25, 0.3) is 0 Å². The Morgan fingerprint density at radius 2 is 1.85 bits per heavy atom. The van der Waals surface area contributed by atoms with Gasteiger partial charge in [-0.3, -0.25) is 0 Å². The number of aryl methyl sites for hydroxylation is 2. The van der Waals surface area contributed by atoms with Crippen LogP contribution in [0, 0.1) is 6.92 Å². The Balaban J connectivity index is 1.61. The summed E-state index contributed by atoms with van der Waals surface area (Å²) < 4.78 is 8.22. The van der Waals surface area contributed by atoms with Gasteiger partial charge in [-0.25, -0.2) is 4.98 Å². The Labute approximate surface area is 161 Å². The first kappa shape index (κ1) is 19.4. The Hall–Kier alpha value is -2.33. The van der Waals surface area contributed by atoms with Crippen molar-refractivity contribution in [2.75, 3.05) is 6.61 Å². The Morgan fingerprint density at radius 3 is 2.59 bits per heavy atom. The zero-order valence-corrected chi connectivity index (χ0v) is 16.8. The van der Waals surface area contributed by atoms with Crippen LogP contribution in [-0.2, 0) is 6.54 Å². The molecule has 1 unspecified atom stereocenters. The average molecular weight is 367 g/mol. The summed E-state index contributed by atoms with van der Waals surface area (Å²) in [7, 11) is 0. The molecule has 0 radical (unpaired) electrons. The van der Waals surface area contributed by atoms with E-state index in [1.807, 2.05) is 18.2 Å². The number of aliphatic hydroxyl groups excluding tert-OH is 1. The third kappa shape index (κ3) is 4.51. The Bertz CT molecular complexity index is 897. The molecule has 4 nitrogen and oxygen atoms in total. The van der Waals surface area contributed by atoms with Gasteiger partial charge in [0, 0.05) is 6.54 Å². The second kappa shape index (κ2) is 8.57. The van der Waals surface area contributed by atoms with Gasteiger partial charge in [-0.15, -0.1) is 0 Å². The lowest BCUT2D eigenvalue weighted by atomic mass is 10.0. The fraction of sp³-hybridized carbons (Fsp3) is 0.435. The van der Waals surface area contributed by atoms with Gasteiger partial charge in [0.15, 0.2) is 0 Å². The summed E-state index contributed by atoms with van der Waals surface area (Å²) in [4.78, 5) is 4.58. The molecule has 1 atom stereocenters. The van der Waals surface area contributed by atoms with Crippen LogP contribution in [0.4, 0.5) is 0 Å². The van der Waals surface area contributed by atoms with Crippen molar-refractivity contribution < 1.29 is 9.84 Å². The molecule has 0 aliphatic rings. The molecule has 0 saturated carbocycles. The third-order valence-corrected chi connectivity index (χ3v) is 4.88. The fourth-order valence-corrected chi connectivity index (χ4v) is 3.45. The molecule has 3 aromatic rings. The van der Waals surface area contributed by atoms with E-state index in [0.717, 1.165) is 42.0 Å². The van der Waals surface area contributed by atoms with Crippen LogP contribution in [0.3, 0.4) is 0 Å². The Morgan fingerprint density at radius 1 is 1.07 bits per heavy atom. The number of hydrogen-bond donors (Lipinski definition) is 1. The largest absolute Gasteiger partial charge is 0.493 e. The third-order valence-electron chi connectivity index (χ3n) is 4.88. The zero-order chi connectivity index (χ0) is 19.4. The standard InChI is InChI=1S/C23H30N2O2/c1-16(2)19-12-11-17(3)15-22(19)27-14-8-7-13-25-21-10-6-5-9-20(21)24-23(25)18(4)26/h5-6,9-12,15-16,18,26H,7-8,13-14H2,1-4H3. The van der Waals surface area contributed by atoms with Crippen molar-refractivity contribution in [3.05, 3.63) is 59.4 Å². The van der Waals surface area contributed by atoms with Gasteiger partial charge in [0.1, 0.15) is 17.7 Å². The molecule has 4 heteroatoms. The monoisotopic (exact) mass is 366 g/mol. The van der Waals surface area contributed by atoms with Crippen LogP contribution in [0.2, 0.25) is 0 Å². The summed E-state index contributed by atoms with van der Waals surface area (Å²) in [5, 5.41) is 10.1. The van der Waals surface area contributed by atoms with Crippen LogP contribution in [-0.4, -0.2) is 21.3 Å². The summed E-state index contributed by atoms with van der Waals surface area (Å²) >= 11 is 0. The zero-order valence-electron chi connectivity index (χ0n) is 16.8. The maximum atomic E-state index is 10.1. The van der Waals surface area contributed by atoms with Crippen molar-refractivity contribution in [1.82, 2.24) is 9.55 Å². The smallest absolute Gasteiger partial charge is 0.138 e. The molecule has 1 N–H and O–H groups in total. The summed E-state index contributed by atoms with van der Waals surface area (Å²) in [6.45, 7) is 9.78. The van der Waals surface area contributed by atoms with Crippen molar-refractivity contribution in [3.8, 4) is 5.75 Å². The number of hydrogen-bond acceptors (Lipinski definition) is 3. The molecule has 144 valence electrons. The minimum absolute atomic E-state index is 0.450. The first-order chi connectivity index (χ1) is 13.0. The van der Waals surface area contributed by atoms with E-state index >= 15 is 0 Å². The number of benzene rings is 2. The van der Waals surface area contributed by atoms with Crippen LogP contribution in [0.15, 0.2) is 42.5 Å². The van der Waals surface area contributed by atoms with Gasteiger partial charge in [-0.05, 0) is 61.9 Å². The predicted octanol–water partition coefficient (Wildman–Crippen LogP) is 5.38. The van der Waals surface area contributed by atoms with Crippen LogP contribution in [0.25, 0.3) is 11.0 Å². The first-order valence-electron chi connectivity index (χ1n) is 9.84. The molecule has 2 aromatic carbocycles. The van der Waals surface area contributed by atoms with E-state index < -0.39 is 6.10 Å².